The fourth-order valence-electron chi connectivity index (χ4n) is 2.87. The van der Waals surface area contributed by atoms with Gasteiger partial charge in [-0.15, -0.1) is 0 Å². The second-order valence-corrected chi connectivity index (χ2v) is 8.40. The third-order valence-electron chi connectivity index (χ3n) is 4.36. The van der Waals surface area contributed by atoms with Gasteiger partial charge in [0.05, 0.1) is 23.3 Å². The third kappa shape index (κ3) is 4.15. The first-order valence-electron chi connectivity index (χ1n) is 8.24. The van der Waals surface area contributed by atoms with Gasteiger partial charge in [-0.2, -0.15) is 9.57 Å². The molecule has 1 aromatic carbocycles. The molecular weight excluding hydrogens is 374 g/mol. The quantitative estimate of drug-likeness (QED) is 0.782. The molecule has 1 fully saturated rings. The SMILES string of the molecule is N#Cc1ccnc(OCC2CCN(S(=O)(=O)c3ccccc3Cl)CC2)c1. The van der Waals surface area contributed by atoms with Gasteiger partial charge in [0, 0.05) is 25.4 Å². The van der Waals surface area contributed by atoms with E-state index in [9.17, 15) is 8.42 Å². The van der Waals surface area contributed by atoms with Crippen LogP contribution in [-0.4, -0.2) is 37.4 Å². The number of hydrogen-bond acceptors (Lipinski definition) is 5. The van der Waals surface area contributed by atoms with Crippen LogP contribution >= 0.6 is 11.6 Å². The van der Waals surface area contributed by atoms with Crippen molar-refractivity contribution in [1.82, 2.24) is 9.29 Å². The standard InChI is InChI=1S/C18H18ClN3O3S/c19-16-3-1-2-4-17(16)26(23,24)22-9-6-14(7-10-22)13-25-18-11-15(12-20)5-8-21-18/h1-5,8,11,14H,6-7,9-10,13H2. The van der Waals surface area contributed by atoms with Crippen molar-refractivity contribution in [2.45, 2.75) is 17.7 Å². The number of rotatable bonds is 5. The van der Waals surface area contributed by atoms with Gasteiger partial charge in [-0.25, -0.2) is 13.4 Å². The van der Waals surface area contributed by atoms with E-state index < -0.39 is 10.0 Å². The van der Waals surface area contributed by atoms with Crippen LogP contribution in [0.2, 0.25) is 5.02 Å². The maximum Gasteiger partial charge on any atom is 0.244 e. The second-order valence-electron chi connectivity index (χ2n) is 6.08. The first-order valence-corrected chi connectivity index (χ1v) is 10.1. The predicted molar refractivity (Wildman–Crippen MR) is 97.4 cm³/mol. The number of aromatic nitrogens is 1. The Hall–Kier alpha value is -2.14. The molecule has 0 aliphatic carbocycles. The maximum absolute atomic E-state index is 12.7. The van der Waals surface area contributed by atoms with Crippen LogP contribution in [0.5, 0.6) is 5.88 Å². The summed E-state index contributed by atoms with van der Waals surface area (Å²) in [6.45, 7) is 1.29. The lowest BCUT2D eigenvalue weighted by atomic mass is 9.99. The fraction of sp³-hybridized carbons (Fsp3) is 0.333. The highest BCUT2D eigenvalue weighted by Crippen LogP contribution is 2.28. The summed E-state index contributed by atoms with van der Waals surface area (Å²) < 4.78 is 32.6. The van der Waals surface area contributed by atoms with Crippen molar-refractivity contribution in [3.63, 3.8) is 0 Å². The van der Waals surface area contributed by atoms with Gasteiger partial charge in [0.1, 0.15) is 4.90 Å². The first-order chi connectivity index (χ1) is 12.5. The summed E-state index contributed by atoms with van der Waals surface area (Å²) in [7, 11) is -3.58. The van der Waals surface area contributed by atoms with Gasteiger partial charge in [0.25, 0.3) is 0 Å². The highest BCUT2D eigenvalue weighted by Gasteiger charge is 2.30. The lowest BCUT2D eigenvalue weighted by Gasteiger charge is -2.31. The number of benzene rings is 1. The summed E-state index contributed by atoms with van der Waals surface area (Å²) in [6.07, 6.45) is 2.93. The van der Waals surface area contributed by atoms with Gasteiger partial charge in [-0.05, 0) is 37.0 Å². The van der Waals surface area contributed by atoms with Crippen LogP contribution < -0.4 is 4.74 Å². The van der Waals surface area contributed by atoms with E-state index in [4.69, 9.17) is 21.6 Å². The number of piperidine rings is 1. The molecule has 2 heterocycles. The Kier molecular flexibility index (Phi) is 5.77. The van der Waals surface area contributed by atoms with Crippen LogP contribution in [0.4, 0.5) is 0 Å². The summed E-state index contributed by atoms with van der Waals surface area (Å²) in [4.78, 5) is 4.23. The van der Waals surface area contributed by atoms with Crippen molar-refractivity contribution in [1.29, 1.82) is 5.26 Å². The van der Waals surface area contributed by atoms with Gasteiger partial charge < -0.3 is 4.74 Å². The molecular formula is C18H18ClN3O3S. The minimum atomic E-state index is -3.58. The van der Waals surface area contributed by atoms with Gasteiger partial charge in [0.15, 0.2) is 0 Å². The fourth-order valence-corrected chi connectivity index (χ4v) is 4.83. The van der Waals surface area contributed by atoms with Crippen LogP contribution in [0.3, 0.4) is 0 Å². The summed E-state index contributed by atoms with van der Waals surface area (Å²) in [5, 5.41) is 9.13. The highest BCUT2D eigenvalue weighted by atomic mass is 35.5. The lowest BCUT2D eigenvalue weighted by Crippen LogP contribution is -2.39. The number of nitriles is 1. The zero-order valence-corrected chi connectivity index (χ0v) is 15.6. The van der Waals surface area contributed by atoms with E-state index in [0.29, 0.717) is 44.0 Å². The number of nitrogens with zero attached hydrogens (tertiary/aromatic N) is 3. The van der Waals surface area contributed by atoms with E-state index in [1.54, 1.807) is 30.3 Å². The van der Waals surface area contributed by atoms with Crippen molar-refractivity contribution in [2.24, 2.45) is 5.92 Å². The molecule has 0 amide bonds. The minimum absolute atomic E-state index is 0.147. The molecule has 1 saturated heterocycles. The summed E-state index contributed by atoms with van der Waals surface area (Å²) in [5.41, 5.74) is 0.496. The minimum Gasteiger partial charge on any atom is -0.477 e. The summed E-state index contributed by atoms with van der Waals surface area (Å²) in [6, 6.07) is 11.7. The summed E-state index contributed by atoms with van der Waals surface area (Å²) >= 11 is 6.04. The number of sulfonamides is 1. The highest BCUT2D eigenvalue weighted by molar-refractivity contribution is 7.89. The Morgan fingerprint density at radius 3 is 2.69 bits per heavy atom. The molecule has 6 nitrogen and oxygen atoms in total. The van der Waals surface area contributed by atoms with Crippen LogP contribution in [0, 0.1) is 17.2 Å². The normalized spacial score (nSPS) is 16.2. The van der Waals surface area contributed by atoms with E-state index in [-0.39, 0.29) is 15.8 Å². The van der Waals surface area contributed by atoms with E-state index >= 15 is 0 Å². The van der Waals surface area contributed by atoms with Gasteiger partial charge in [-0.3, -0.25) is 0 Å². The Morgan fingerprint density at radius 2 is 2.00 bits per heavy atom. The van der Waals surface area contributed by atoms with Crippen molar-refractivity contribution in [2.75, 3.05) is 19.7 Å². The largest absolute Gasteiger partial charge is 0.477 e. The van der Waals surface area contributed by atoms with Gasteiger partial charge >= 0.3 is 0 Å². The van der Waals surface area contributed by atoms with Crippen molar-refractivity contribution >= 4 is 21.6 Å². The Bertz CT molecular complexity index is 919. The molecule has 1 aliphatic heterocycles. The first kappa shape index (κ1) is 18.6. The van der Waals surface area contributed by atoms with E-state index in [1.165, 1.54) is 16.6 Å². The molecule has 1 aliphatic rings. The van der Waals surface area contributed by atoms with Crippen LogP contribution in [-0.2, 0) is 10.0 Å². The molecule has 0 saturated carbocycles. The molecule has 0 atom stereocenters. The van der Waals surface area contributed by atoms with Crippen molar-refractivity contribution in [3.05, 3.63) is 53.2 Å². The number of halogens is 1. The molecule has 2 aromatic rings. The monoisotopic (exact) mass is 391 g/mol. The number of hydrogen-bond donors (Lipinski definition) is 0. The smallest absolute Gasteiger partial charge is 0.244 e. The lowest BCUT2D eigenvalue weighted by molar-refractivity contribution is 0.181. The van der Waals surface area contributed by atoms with Gasteiger partial charge in [0.2, 0.25) is 15.9 Å². The molecule has 0 bridgehead atoms. The van der Waals surface area contributed by atoms with Gasteiger partial charge in [-0.1, -0.05) is 23.7 Å². The third-order valence-corrected chi connectivity index (χ3v) is 6.76. The molecule has 3 rings (SSSR count). The second kappa shape index (κ2) is 8.04. The molecule has 0 radical (unpaired) electrons. The molecule has 0 spiro atoms. The number of ether oxygens (including phenoxy) is 1. The van der Waals surface area contributed by atoms with E-state index in [2.05, 4.69) is 4.98 Å². The van der Waals surface area contributed by atoms with E-state index in [0.717, 1.165) is 0 Å². The summed E-state index contributed by atoms with van der Waals surface area (Å²) in [5.74, 6) is 0.649. The topological polar surface area (TPSA) is 83.3 Å². The van der Waals surface area contributed by atoms with Crippen LogP contribution in [0.15, 0.2) is 47.5 Å². The molecule has 26 heavy (non-hydrogen) atoms. The zero-order chi connectivity index (χ0) is 18.6. The molecule has 1 aromatic heterocycles. The average molecular weight is 392 g/mol. The Morgan fingerprint density at radius 1 is 1.27 bits per heavy atom. The van der Waals surface area contributed by atoms with E-state index in [1.807, 2.05) is 6.07 Å². The van der Waals surface area contributed by atoms with Crippen LogP contribution in [0.1, 0.15) is 18.4 Å². The average Bonchev–Trinajstić information content (AvgIpc) is 2.67. The zero-order valence-electron chi connectivity index (χ0n) is 14.0. The Balaban J connectivity index is 1.57. The number of pyridine rings is 1. The predicted octanol–water partition coefficient (Wildman–Crippen LogP) is 3.09. The maximum atomic E-state index is 12.7. The molecule has 136 valence electrons. The van der Waals surface area contributed by atoms with Crippen LogP contribution in [0.25, 0.3) is 0 Å². The van der Waals surface area contributed by atoms with Crippen molar-refractivity contribution < 1.29 is 13.2 Å². The molecule has 0 N–H and O–H groups in total. The Labute approximate surface area is 158 Å². The molecule has 0 unspecified atom stereocenters. The van der Waals surface area contributed by atoms with Crippen molar-refractivity contribution in [3.8, 4) is 11.9 Å². The molecule has 8 heteroatoms.